The predicted octanol–water partition coefficient (Wildman–Crippen LogP) is 4.79. The van der Waals surface area contributed by atoms with Crippen LogP contribution in [0.25, 0.3) is 0 Å². The van der Waals surface area contributed by atoms with Gasteiger partial charge in [-0.05, 0) is 45.2 Å². The lowest BCUT2D eigenvalue weighted by Gasteiger charge is -2.30. The van der Waals surface area contributed by atoms with Crippen LogP contribution < -0.4 is 5.32 Å². The fourth-order valence-electron chi connectivity index (χ4n) is 3.59. The Balaban J connectivity index is 2.11. The van der Waals surface area contributed by atoms with Crippen molar-refractivity contribution in [1.82, 2.24) is 10.2 Å². The summed E-state index contributed by atoms with van der Waals surface area (Å²) in [5, 5.41) is 2.88. The Hall–Kier alpha value is -2.27. The van der Waals surface area contributed by atoms with Gasteiger partial charge in [0.15, 0.2) is 0 Å². The van der Waals surface area contributed by atoms with Crippen molar-refractivity contribution < 1.29 is 9.59 Å². The maximum atomic E-state index is 13.2. The van der Waals surface area contributed by atoms with Crippen LogP contribution in [0.15, 0.2) is 42.5 Å². The zero-order chi connectivity index (χ0) is 22.1. The third-order valence-corrected chi connectivity index (χ3v) is 5.97. The smallest absolute Gasteiger partial charge is 0.242 e. The lowest BCUT2D eigenvalue weighted by molar-refractivity contribution is -0.139. The highest BCUT2D eigenvalue weighted by Crippen LogP contribution is 2.19. The average Bonchev–Trinajstić information content (AvgIpc) is 2.68. The monoisotopic (exact) mass is 426 g/mol. The van der Waals surface area contributed by atoms with Crippen LogP contribution in [0.4, 0.5) is 0 Å². The first-order valence-corrected chi connectivity index (χ1v) is 11.8. The number of benzene rings is 2. The number of carbonyl (C=O) groups excluding carboxylic acids is 2. The topological polar surface area (TPSA) is 49.4 Å². The van der Waals surface area contributed by atoms with Gasteiger partial charge in [0.2, 0.25) is 11.8 Å². The second-order valence-electron chi connectivity index (χ2n) is 7.81. The van der Waals surface area contributed by atoms with E-state index >= 15 is 0 Å². The molecular weight excluding hydrogens is 392 g/mol. The van der Waals surface area contributed by atoms with Gasteiger partial charge >= 0.3 is 0 Å². The van der Waals surface area contributed by atoms with Crippen LogP contribution in [-0.4, -0.2) is 35.1 Å². The van der Waals surface area contributed by atoms with Crippen molar-refractivity contribution >= 4 is 23.6 Å². The molecule has 0 bridgehead atoms. The zero-order valence-corrected chi connectivity index (χ0v) is 19.6. The summed E-state index contributed by atoms with van der Waals surface area (Å²) in [6, 6.07) is 14.2. The summed E-state index contributed by atoms with van der Waals surface area (Å²) in [5.74, 6) is 1.06. The number of hydrogen-bond donors (Lipinski definition) is 1. The first-order chi connectivity index (χ1) is 14.3. The molecule has 0 radical (unpaired) electrons. The Bertz CT molecular complexity index is 828. The highest BCUT2D eigenvalue weighted by atomic mass is 32.2. The van der Waals surface area contributed by atoms with Crippen LogP contribution in [0.2, 0.25) is 0 Å². The van der Waals surface area contributed by atoms with Gasteiger partial charge in [-0.3, -0.25) is 9.59 Å². The highest BCUT2D eigenvalue weighted by Gasteiger charge is 2.28. The number of nitrogens with zero attached hydrogens (tertiary/aromatic N) is 1. The maximum absolute atomic E-state index is 13.2. The fourth-order valence-corrected chi connectivity index (χ4v) is 4.44. The minimum Gasteiger partial charge on any atom is -0.355 e. The molecule has 0 aliphatic carbocycles. The van der Waals surface area contributed by atoms with Gasteiger partial charge in [-0.25, -0.2) is 0 Å². The minimum absolute atomic E-state index is 0.00283. The molecule has 0 aliphatic heterocycles. The Kier molecular flexibility index (Phi) is 9.44. The van der Waals surface area contributed by atoms with Gasteiger partial charge in [0, 0.05) is 18.8 Å². The van der Waals surface area contributed by atoms with Crippen molar-refractivity contribution in [2.24, 2.45) is 0 Å². The van der Waals surface area contributed by atoms with E-state index in [2.05, 4.69) is 37.4 Å². The van der Waals surface area contributed by atoms with Gasteiger partial charge in [-0.15, -0.1) is 11.8 Å². The SMILES string of the molecule is CCNC(=O)[C@@H](CC)N(Cc1ccc(C)cc1)C(=O)CSCc1cc(C)cc(C)c1. The number of likely N-dealkylation sites (N-methyl/N-ethyl adjacent to an activating group) is 1. The first-order valence-electron chi connectivity index (χ1n) is 10.6. The summed E-state index contributed by atoms with van der Waals surface area (Å²) < 4.78 is 0. The second-order valence-corrected chi connectivity index (χ2v) is 8.80. The molecule has 0 saturated heterocycles. The summed E-state index contributed by atoms with van der Waals surface area (Å²) in [6.45, 7) is 11.1. The number of thioether (sulfide) groups is 1. The standard InChI is InChI=1S/C25H34N2O2S/c1-6-23(25(29)26-7-2)27(15-21-10-8-18(3)9-11-21)24(28)17-30-16-22-13-19(4)12-20(5)14-22/h8-14,23H,6-7,15-17H2,1-5H3,(H,26,29)/t23-/m1/s1. The average molecular weight is 427 g/mol. The molecule has 0 saturated carbocycles. The summed E-state index contributed by atoms with van der Waals surface area (Å²) in [6.07, 6.45) is 0.588. The summed E-state index contributed by atoms with van der Waals surface area (Å²) in [5.41, 5.74) is 5.92. The number of carbonyl (C=O) groups is 2. The number of rotatable bonds is 10. The highest BCUT2D eigenvalue weighted by molar-refractivity contribution is 7.99. The van der Waals surface area contributed by atoms with Gasteiger partial charge in [-0.1, -0.05) is 66.1 Å². The first kappa shape index (κ1) is 24.0. The zero-order valence-electron chi connectivity index (χ0n) is 18.8. The minimum atomic E-state index is -0.458. The fraction of sp³-hybridized carbons (Fsp3) is 0.440. The van der Waals surface area contributed by atoms with Crippen molar-refractivity contribution in [3.8, 4) is 0 Å². The van der Waals surface area contributed by atoms with E-state index in [-0.39, 0.29) is 11.8 Å². The molecule has 0 spiro atoms. The van der Waals surface area contributed by atoms with Gasteiger partial charge in [0.25, 0.3) is 0 Å². The number of nitrogens with one attached hydrogen (secondary N) is 1. The lowest BCUT2D eigenvalue weighted by Crippen LogP contribution is -2.49. The molecule has 2 aromatic carbocycles. The van der Waals surface area contributed by atoms with Crippen molar-refractivity contribution in [3.05, 3.63) is 70.3 Å². The van der Waals surface area contributed by atoms with E-state index in [1.165, 1.54) is 22.3 Å². The van der Waals surface area contributed by atoms with E-state index in [4.69, 9.17) is 0 Å². The summed E-state index contributed by atoms with van der Waals surface area (Å²) in [4.78, 5) is 27.5. The number of amides is 2. The Labute approximate surface area is 185 Å². The second kappa shape index (κ2) is 11.8. The Morgan fingerprint density at radius 1 is 0.933 bits per heavy atom. The molecule has 162 valence electrons. The van der Waals surface area contributed by atoms with Crippen LogP contribution in [0.5, 0.6) is 0 Å². The lowest BCUT2D eigenvalue weighted by atomic mass is 10.1. The van der Waals surface area contributed by atoms with E-state index < -0.39 is 6.04 Å². The summed E-state index contributed by atoms with van der Waals surface area (Å²) >= 11 is 1.60. The van der Waals surface area contributed by atoms with Gasteiger partial charge in [0.05, 0.1) is 5.75 Å². The third kappa shape index (κ3) is 7.21. The van der Waals surface area contributed by atoms with Crippen molar-refractivity contribution in [3.63, 3.8) is 0 Å². The molecule has 1 atom stereocenters. The molecule has 0 heterocycles. The normalized spacial score (nSPS) is 11.8. The predicted molar refractivity (Wildman–Crippen MR) is 127 cm³/mol. The number of hydrogen-bond acceptors (Lipinski definition) is 3. The Morgan fingerprint density at radius 2 is 1.57 bits per heavy atom. The van der Waals surface area contributed by atoms with E-state index in [1.54, 1.807) is 16.7 Å². The molecule has 0 unspecified atom stereocenters. The molecule has 2 aromatic rings. The molecule has 5 heteroatoms. The molecule has 2 amide bonds. The van der Waals surface area contributed by atoms with E-state index in [1.807, 2.05) is 45.0 Å². The van der Waals surface area contributed by atoms with E-state index in [0.29, 0.717) is 25.3 Å². The molecule has 0 aliphatic rings. The molecule has 30 heavy (non-hydrogen) atoms. The molecule has 2 rings (SSSR count). The van der Waals surface area contributed by atoms with Crippen LogP contribution in [0.3, 0.4) is 0 Å². The Morgan fingerprint density at radius 3 is 2.13 bits per heavy atom. The molecule has 1 N–H and O–H groups in total. The van der Waals surface area contributed by atoms with Crippen LogP contribution in [0, 0.1) is 20.8 Å². The van der Waals surface area contributed by atoms with E-state index in [9.17, 15) is 9.59 Å². The van der Waals surface area contributed by atoms with Crippen LogP contribution in [-0.2, 0) is 21.9 Å². The quantitative estimate of drug-likeness (QED) is 0.594. The third-order valence-electron chi connectivity index (χ3n) is 4.99. The molecule has 0 aromatic heterocycles. The van der Waals surface area contributed by atoms with Crippen molar-refractivity contribution in [2.75, 3.05) is 12.3 Å². The van der Waals surface area contributed by atoms with E-state index in [0.717, 1.165) is 11.3 Å². The van der Waals surface area contributed by atoms with Gasteiger partial charge in [-0.2, -0.15) is 0 Å². The van der Waals surface area contributed by atoms with Crippen molar-refractivity contribution in [1.29, 1.82) is 0 Å². The molecule has 0 fully saturated rings. The van der Waals surface area contributed by atoms with Crippen LogP contribution >= 0.6 is 11.8 Å². The number of aryl methyl sites for hydroxylation is 3. The van der Waals surface area contributed by atoms with Crippen molar-refractivity contribution in [2.45, 2.75) is 59.4 Å². The van der Waals surface area contributed by atoms with Gasteiger partial charge in [0.1, 0.15) is 6.04 Å². The largest absolute Gasteiger partial charge is 0.355 e. The molecular formula is C25H34N2O2S. The maximum Gasteiger partial charge on any atom is 0.242 e. The van der Waals surface area contributed by atoms with Gasteiger partial charge < -0.3 is 10.2 Å². The molecule has 4 nitrogen and oxygen atoms in total. The summed E-state index contributed by atoms with van der Waals surface area (Å²) in [7, 11) is 0. The van der Waals surface area contributed by atoms with Crippen LogP contribution in [0.1, 0.15) is 48.1 Å².